The Morgan fingerprint density at radius 3 is 3.04 bits per heavy atom. The van der Waals surface area contributed by atoms with Gasteiger partial charge in [-0.05, 0) is 17.5 Å². The third-order valence-corrected chi connectivity index (χ3v) is 5.01. The summed E-state index contributed by atoms with van der Waals surface area (Å²) in [6.07, 6.45) is 4.31. The number of hydrogen-bond acceptors (Lipinski definition) is 6. The van der Waals surface area contributed by atoms with E-state index in [1.54, 1.807) is 6.20 Å². The zero-order chi connectivity index (χ0) is 19.3. The third-order valence-electron chi connectivity index (χ3n) is 5.01. The Hall–Kier alpha value is -2.84. The minimum absolute atomic E-state index is 0.102. The number of aliphatic hydroxyl groups is 1. The number of β-amino-alcohol motifs (C(OH)–C–C–N with tert-alkyl or cyclic N) is 1. The standard InChI is InChI=1S/C20H24N6O2/c27-16(12-26-8-7-14-3-1-2-4-15(14)11-26)9-22-19(28)6-5-18-24-17-10-21-13-23-20(17)25-18/h1-4,10,13,16,27H,5-9,11-12H2,(H,22,28)(H,21,23,24,25). The monoisotopic (exact) mass is 380 g/mol. The van der Waals surface area contributed by atoms with Crippen LogP contribution in [-0.4, -0.2) is 61.6 Å². The van der Waals surface area contributed by atoms with E-state index in [9.17, 15) is 9.90 Å². The first-order valence-corrected chi connectivity index (χ1v) is 9.56. The minimum Gasteiger partial charge on any atom is -0.390 e. The number of H-pyrrole nitrogens is 1. The predicted molar refractivity (Wildman–Crippen MR) is 104 cm³/mol. The number of amides is 1. The fourth-order valence-electron chi connectivity index (χ4n) is 3.55. The zero-order valence-corrected chi connectivity index (χ0v) is 15.6. The lowest BCUT2D eigenvalue weighted by Crippen LogP contribution is -2.42. The fraction of sp³-hybridized carbons (Fsp3) is 0.400. The van der Waals surface area contributed by atoms with E-state index in [4.69, 9.17) is 0 Å². The van der Waals surface area contributed by atoms with E-state index in [0.29, 0.717) is 30.9 Å². The van der Waals surface area contributed by atoms with Crippen molar-refractivity contribution in [3.05, 3.63) is 53.7 Å². The lowest BCUT2D eigenvalue weighted by molar-refractivity contribution is -0.121. The number of carbonyl (C=O) groups excluding carboxylic acids is 1. The number of imidazole rings is 1. The Morgan fingerprint density at radius 1 is 1.32 bits per heavy atom. The van der Waals surface area contributed by atoms with Crippen LogP contribution in [0, 0.1) is 0 Å². The molecule has 4 rings (SSSR count). The number of aromatic amines is 1. The van der Waals surface area contributed by atoms with E-state index in [1.165, 1.54) is 17.5 Å². The maximum Gasteiger partial charge on any atom is 0.220 e. The molecule has 3 heterocycles. The molecule has 0 saturated heterocycles. The SMILES string of the molecule is O=C(CCc1nc2ncncc2[nH]1)NCC(O)CN1CCc2ccccc2C1. The van der Waals surface area contributed by atoms with E-state index < -0.39 is 6.10 Å². The summed E-state index contributed by atoms with van der Waals surface area (Å²) in [6, 6.07) is 8.42. The molecule has 0 radical (unpaired) electrons. The Kier molecular flexibility index (Phi) is 5.59. The maximum absolute atomic E-state index is 12.1. The average molecular weight is 380 g/mol. The van der Waals surface area contributed by atoms with Gasteiger partial charge in [0.05, 0.1) is 12.3 Å². The first kappa shape index (κ1) is 18.5. The maximum atomic E-state index is 12.1. The van der Waals surface area contributed by atoms with Gasteiger partial charge in [-0.25, -0.2) is 15.0 Å². The van der Waals surface area contributed by atoms with Crippen molar-refractivity contribution in [1.82, 2.24) is 30.2 Å². The Bertz CT molecular complexity index is 924. The van der Waals surface area contributed by atoms with Crippen molar-refractivity contribution in [2.45, 2.75) is 31.9 Å². The molecule has 1 amide bonds. The summed E-state index contributed by atoms with van der Waals surface area (Å²) in [7, 11) is 0. The van der Waals surface area contributed by atoms with Gasteiger partial charge in [-0.1, -0.05) is 24.3 Å². The van der Waals surface area contributed by atoms with Crippen LogP contribution < -0.4 is 5.32 Å². The third kappa shape index (κ3) is 4.52. The van der Waals surface area contributed by atoms with Crippen LogP contribution in [-0.2, 0) is 24.2 Å². The molecule has 0 aliphatic carbocycles. The van der Waals surface area contributed by atoms with E-state index in [2.05, 4.69) is 48.4 Å². The van der Waals surface area contributed by atoms with Crippen molar-refractivity contribution in [3.8, 4) is 0 Å². The van der Waals surface area contributed by atoms with Crippen LogP contribution in [0.1, 0.15) is 23.4 Å². The van der Waals surface area contributed by atoms with Gasteiger partial charge in [0.25, 0.3) is 0 Å². The van der Waals surface area contributed by atoms with Gasteiger partial charge in [-0.15, -0.1) is 0 Å². The number of benzene rings is 1. The Labute approximate surface area is 163 Å². The summed E-state index contributed by atoms with van der Waals surface area (Å²) in [6.45, 7) is 2.58. The van der Waals surface area contributed by atoms with Crippen molar-refractivity contribution in [2.75, 3.05) is 19.6 Å². The summed E-state index contributed by atoms with van der Waals surface area (Å²) in [5.74, 6) is 0.604. The van der Waals surface area contributed by atoms with Crippen LogP contribution in [0.5, 0.6) is 0 Å². The average Bonchev–Trinajstić information content (AvgIpc) is 3.14. The molecule has 1 aliphatic heterocycles. The molecule has 0 spiro atoms. The second kappa shape index (κ2) is 8.45. The highest BCUT2D eigenvalue weighted by atomic mass is 16.3. The molecule has 1 atom stereocenters. The van der Waals surface area contributed by atoms with Crippen molar-refractivity contribution in [1.29, 1.82) is 0 Å². The van der Waals surface area contributed by atoms with Crippen molar-refractivity contribution in [3.63, 3.8) is 0 Å². The molecule has 1 aromatic carbocycles. The largest absolute Gasteiger partial charge is 0.390 e. The molecule has 8 heteroatoms. The topological polar surface area (TPSA) is 107 Å². The number of rotatable bonds is 7. The number of aromatic nitrogens is 4. The Morgan fingerprint density at radius 2 is 2.18 bits per heavy atom. The molecular formula is C20H24N6O2. The molecule has 0 saturated carbocycles. The predicted octanol–water partition coefficient (Wildman–Crippen LogP) is 0.821. The quantitative estimate of drug-likeness (QED) is 0.560. The highest BCUT2D eigenvalue weighted by molar-refractivity contribution is 5.76. The van der Waals surface area contributed by atoms with E-state index in [-0.39, 0.29) is 12.5 Å². The second-order valence-corrected chi connectivity index (χ2v) is 7.16. The van der Waals surface area contributed by atoms with Crippen LogP contribution in [0.2, 0.25) is 0 Å². The number of nitrogens with one attached hydrogen (secondary N) is 2. The number of fused-ring (bicyclic) bond motifs is 2. The van der Waals surface area contributed by atoms with Crippen LogP contribution in [0.4, 0.5) is 0 Å². The molecule has 0 bridgehead atoms. The van der Waals surface area contributed by atoms with E-state index in [1.807, 2.05) is 6.07 Å². The van der Waals surface area contributed by atoms with Gasteiger partial charge in [-0.3, -0.25) is 9.69 Å². The number of nitrogens with zero attached hydrogens (tertiary/aromatic N) is 4. The molecule has 3 N–H and O–H groups in total. The van der Waals surface area contributed by atoms with Crippen LogP contribution in [0.25, 0.3) is 11.2 Å². The number of carbonyl (C=O) groups is 1. The van der Waals surface area contributed by atoms with Gasteiger partial charge in [-0.2, -0.15) is 0 Å². The molecule has 2 aromatic heterocycles. The molecule has 146 valence electrons. The molecular weight excluding hydrogens is 356 g/mol. The number of aryl methyl sites for hydroxylation is 1. The van der Waals surface area contributed by atoms with Gasteiger partial charge in [0.2, 0.25) is 5.91 Å². The lowest BCUT2D eigenvalue weighted by atomic mass is 10.00. The normalized spacial score (nSPS) is 15.3. The first-order chi connectivity index (χ1) is 13.7. The van der Waals surface area contributed by atoms with E-state index in [0.717, 1.165) is 25.0 Å². The highest BCUT2D eigenvalue weighted by Crippen LogP contribution is 2.18. The van der Waals surface area contributed by atoms with Gasteiger partial charge in [0.15, 0.2) is 5.65 Å². The van der Waals surface area contributed by atoms with Crippen LogP contribution >= 0.6 is 0 Å². The van der Waals surface area contributed by atoms with Gasteiger partial charge >= 0.3 is 0 Å². The summed E-state index contributed by atoms with van der Waals surface area (Å²) >= 11 is 0. The highest BCUT2D eigenvalue weighted by Gasteiger charge is 2.18. The smallest absolute Gasteiger partial charge is 0.220 e. The van der Waals surface area contributed by atoms with Crippen LogP contribution in [0.15, 0.2) is 36.8 Å². The lowest BCUT2D eigenvalue weighted by Gasteiger charge is -2.30. The van der Waals surface area contributed by atoms with Crippen molar-refractivity contribution >= 4 is 17.1 Å². The van der Waals surface area contributed by atoms with Crippen LogP contribution in [0.3, 0.4) is 0 Å². The summed E-state index contributed by atoms with van der Waals surface area (Å²) in [4.78, 5) is 29.8. The summed E-state index contributed by atoms with van der Waals surface area (Å²) in [5, 5.41) is 13.1. The van der Waals surface area contributed by atoms with Crippen molar-refractivity contribution < 1.29 is 9.90 Å². The molecule has 1 aliphatic rings. The molecule has 0 fully saturated rings. The summed E-state index contributed by atoms with van der Waals surface area (Å²) in [5.41, 5.74) is 4.07. The molecule has 1 unspecified atom stereocenters. The molecule has 8 nitrogen and oxygen atoms in total. The zero-order valence-electron chi connectivity index (χ0n) is 15.6. The second-order valence-electron chi connectivity index (χ2n) is 7.16. The number of aliphatic hydroxyl groups excluding tert-OH is 1. The summed E-state index contributed by atoms with van der Waals surface area (Å²) < 4.78 is 0. The van der Waals surface area contributed by atoms with Gasteiger partial charge < -0.3 is 15.4 Å². The van der Waals surface area contributed by atoms with Gasteiger partial charge in [0.1, 0.15) is 17.7 Å². The van der Waals surface area contributed by atoms with E-state index >= 15 is 0 Å². The minimum atomic E-state index is -0.587. The first-order valence-electron chi connectivity index (χ1n) is 9.56. The number of hydrogen-bond donors (Lipinski definition) is 3. The van der Waals surface area contributed by atoms with Gasteiger partial charge in [0, 0.05) is 39.0 Å². The Balaban J connectivity index is 1.19. The fourth-order valence-corrected chi connectivity index (χ4v) is 3.55. The molecule has 3 aromatic rings. The molecule has 28 heavy (non-hydrogen) atoms. The van der Waals surface area contributed by atoms with Crippen molar-refractivity contribution in [2.24, 2.45) is 0 Å².